The fourth-order valence-corrected chi connectivity index (χ4v) is 2.22. The highest BCUT2D eigenvalue weighted by Gasteiger charge is 2.15. The van der Waals surface area contributed by atoms with E-state index in [-0.39, 0.29) is 12.5 Å². The van der Waals surface area contributed by atoms with E-state index >= 15 is 0 Å². The number of para-hydroxylation sites is 1. The van der Waals surface area contributed by atoms with Crippen molar-refractivity contribution in [1.82, 2.24) is 5.32 Å². The smallest absolute Gasteiger partial charge is 0.236 e. The Kier molecular flexibility index (Phi) is 6.12. The lowest BCUT2D eigenvalue weighted by atomic mass is 10.1. The van der Waals surface area contributed by atoms with E-state index in [9.17, 15) is 4.79 Å². The van der Waals surface area contributed by atoms with Gasteiger partial charge in [-0.25, -0.2) is 0 Å². The Morgan fingerprint density at radius 1 is 1.47 bits per heavy atom. The molecule has 0 saturated heterocycles. The Balaban J connectivity index is 3.04. The van der Waals surface area contributed by atoms with Crippen LogP contribution in [0, 0.1) is 0 Å². The van der Waals surface area contributed by atoms with Crippen LogP contribution in [0.4, 0.5) is 5.69 Å². The molecule has 0 atom stereocenters. The van der Waals surface area contributed by atoms with Gasteiger partial charge >= 0.3 is 0 Å². The number of carbonyl (C=O) groups is 1. The van der Waals surface area contributed by atoms with Gasteiger partial charge in [0.15, 0.2) is 0 Å². The van der Waals surface area contributed by atoms with Crippen molar-refractivity contribution in [3.05, 3.63) is 28.8 Å². The summed E-state index contributed by atoms with van der Waals surface area (Å²) in [6.07, 6.45) is 0. The predicted octanol–water partition coefficient (Wildman–Crippen LogP) is 2.15. The molecule has 0 radical (unpaired) electrons. The van der Waals surface area contributed by atoms with Crippen LogP contribution in [-0.2, 0) is 11.3 Å². The SMILES string of the molecule is CCN(CC(N)=O)c1c(Cl)cccc1CNC(C)C. The van der Waals surface area contributed by atoms with Gasteiger partial charge in [-0.1, -0.05) is 37.6 Å². The first-order chi connectivity index (χ1) is 8.95. The summed E-state index contributed by atoms with van der Waals surface area (Å²) in [4.78, 5) is 13.1. The third kappa shape index (κ3) is 4.73. The summed E-state index contributed by atoms with van der Waals surface area (Å²) >= 11 is 6.28. The summed E-state index contributed by atoms with van der Waals surface area (Å²) < 4.78 is 0. The molecule has 0 aliphatic rings. The van der Waals surface area contributed by atoms with Crippen LogP contribution in [0.2, 0.25) is 5.02 Å². The molecule has 0 spiro atoms. The third-order valence-corrected chi connectivity index (χ3v) is 3.12. The van der Waals surface area contributed by atoms with E-state index in [1.54, 1.807) is 0 Å². The maximum atomic E-state index is 11.2. The third-order valence-electron chi connectivity index (χ3n) is 2.82. The number of carbonyl (C=O) groups excluding carboxylic acids is 1. The number of amides is 1. The monoisotopic (exact) mass is 283 g/mol. The van der Waals surface area contributed by atoms with Crippen molar-refractivity contribution < 1.29 is 4.79 Å². The van der Waals surface area contributed by atoms with Gasteiger partial charge in [0.2, 0.25) is 5.91 Å². The Hall–Kier alpha value is -1.26. The number of anilines is 1. The van der Waals surface area contributed by atoms with Crippen LogP contribution >= 0.6 is 11.6 Å². The largest absolute Gasteiger partial charge is 0.368 e. The van der Waals surface area contributed by atoms with Crippen LogP contribution < -0.4 is 16.0 Å². The Morgan fingerprint density at radius 2 is 2.16 bits per heavy atom. The molecule has 0 fully saturated rings. The Morgan fingerprint density at radius 3 is 2.68 bits per heavy atom. The Labute approximate surface area is 119 Å². The van der Waals surface area contributed by atoms with Crippen molar-refractivity contribution in [2.24, 2.45) is 5.73 Å². The number of halogens is 1. The van der Waals surface area contributed by atoms with E-state index in [1.807, 2.05) is 30.0 Å². The minimum absolute atomic E-state index is 0.176. The molecule has 1 aromatic rings. The minimum Gasteiger partial charge on any atom is -0.368 e. The van der Waals surface area contributed by atoms with Crippen LogP contribution in [0.1, 0.15) is 26.3 Å². The summed E-state index contributed by atoms with van der Waals surface area (Å²) in [6.45, 7) is 7.72. The van der Waals surface area contributed by atoms with Gasteiger partial charge in [-0.2, -0.15) is 0 Å². The number of nitrogens with one attached hydrogen (secondary N) is 1. The van der Waals surface area contributed by atoms with E-state index < -0.39 is 0 Å². The highest BCUT2D eigenvalue weighted by molar-refractivity contribution is 6.33. The van der Waals surface area contributed by atoms with Gasteiger partial charge in [0.05, 0.1) is 17.3 Å². The number of hydrogen-bond donors (Lipinski definition) is 2. The van der Waals surface area contributed by atoms with Gasteiger partial charge in [0.25, 0.3) is 0 Å². The summed E-state index contributed by atoms with van der Waals surface area (Å²) in [6, 6.07) is 6.15. The normalized spacial score (nSPS) is 10.8. The number of benzene rings is 1. The predicted molar refractivity (Wildman–Crippen MR) is 80.5 cm³/mol. The highest BCUT2D eigenvalue weighted by Crippen LogP contribution is 2.29. The average Bonchev–Trinajstić information content (AvgIpc) is 2.33. The summed E-state index contributed by atoms with van der Waals surface area (Å²) in [7, 11) is 0. The van der Waals surface area contributed by atoms with Crippen molar-refractivity contribution in [3.63, 3.8) is 0 Å². The topological polar surface area (TPSA) is 58.4 Å². The van der Waals surface area contributed by atoms with Gasteiger partial charge < -0.3 is 16.0 Å². The second kappa shape index (κ2) is 7.36. The zero-order chi connectivity index (χ0) is 14.4. The molecule has 0 unspecified atom stereocenters. The van der Waals surface area contributed by atoms with Gasteiger partial charge in [-0.3, -0.25) is 4.79 Å². The number of rotatable bonds is 7. The van der Waals surface area contributed by atoms with E-state index in [2.05, 4.69) is 19.2 Å². The fourth-order valence-electron chi connectivity index (χ4n) is 1.91. The highest BCUT2D eigenvalue weighted by atomic mass is 35.5. The van der Waals surface area contributed by atoms with Crippen molar-refractivity contribution in [1.29, 1.82) is 0 Å². The molecule has 0 aliphatic carbocycles. The van der Waals surface area contributed by atoms with Crippen LogP contribution in [0.5, 0.6) is 0 Å². The lowest BCUT2D eigenvalue weighted by molar-refractivity contribution is -0.116. The quantitative estimate of drug-likeness (QED) is 0.806. The molecule has 1 rings (SSSR count). The first-order valence-electron chi connectivity index (χ1n) is 6.49. The lowest BCUT2D eigenvalue weighted by Gasteiger charge is -2.26. The first-order valence-corrected chi connectivity index (χ1v) is 6.87. The minimum atomic E-state index is -0.357. The Bertz CT molecular complexity index is 435. The molecule has 0 heterocycles. The molecule has 5 heteroatoms. The van der Waals surface area contributed by atoms with Gasteiger partial charge in [0.1, 0.15) is 0 Å². The molecule has 0 aliphatic heterocycles. The van der Waals surface area contributed by atoms with Crippen LogP contribution in [0.3, 0.4) is 0 Å². The molecule has 0 saturated carbocycles. The molecule has 3 N–H and O–H groups in total. The maximum absolute atomic E-state index is 11.2. The number of likely N-dealkylation sites (N-methyl/N-ethyl adjacent to an activating group) is 1. The van der Waals surface area contributed by atoms with E-state index in [1.165, 1.54) is 0 Å². The van der Waals surface area contributed by atoms with E-state index in [0.717, 1.165) is 11.3 Å². The molecule has 1 amide bonds. The number of nitrogens with zero attached hydrogens (tertiary/aromatic N) is 1. The second-order valence-electron chi connectivity index (χ2n) is 4.76. The van der Waals surface area contributed by atoms with Crippen molar-refractivity contribution >= 4 is 23.2 Å². The van der Waals surface area contributed by atoms with Crippen molar-refractivity contribution in [2.45, 2.75) is 33.4 Å². The number of hydrogen-bond acceptors (Lipinski definition) is 3. The molecule has 19 heavy (non-hydrogen) atoms. The molecule has 0 aromatic heterocycles. The molecule has 0 bridgehead atoms. The van der Waals surface area contributed by atoms with Crippen LogP contribution in [0.15, 0.2) is 18.2 Å². The van der Waals surface area contributed by atoms with Crippen LogP contribution in [0.25, 0.3) is 0 Å². The van der Waals surface area contributed by atoms with Gasteiger partial charge in [0, 0.05) is 19.1 Å². The molecular weight excluding hydrogens is 262 g/mol. The van der Waals surface area contributed by atoms with Crippen LogP contribution in [-0.4, -0.2) is 25.0 Å². The molecule has 4 nitrogen and oxygen atoms in total. The van der Waals surface area contributed by atoms with Gasteiger partial charge in [-0.05, 0) is 18.6 Å². The van der Waals surface area contributed by atoms with E-state index in [0.29, 0.717) is 24.2 Å². The molecule has 1 aromatic carbocycles. The zero-order valence-electron chi connectivity index (χ0n) is 11.7. The summed E-state index contributed by atoms with van der Waals surface area (Å²) in [5, 5.41) is 4.00. The molecule has 106 valence electrons. The zero-order valence-corrected chi connectivity index (χ0v) is 12.5. The van der Waals surface area contributed by atoms with Crippen molar-refractivity contribution in [3.8, 4) is 0 Å². The fraction of sp³-hybridized carbons (Fsp3) is 0.500. The average molecular weight is 284 g/mol. The summed E-state index contributed by atoms with van der Waals surface area (Å²) in [5.74, 6) is -0.357. The van der Waals surface area contributed by atoms with Crippen molar-refractivity contribution in [2.75, 3.05) is 18.0 Å². The lowest BCUT2D eigenvalue weighted by Crippen LogP contribution is -2.35. The van der Waals surface area contributed by atoms with Gasteiger partial charge in [-0.15, -0.1) is 0 Å². The maximum Gasteiger partial charge on any atom is 0.236 e. The van der Waals surface area contributed by atoms with E-state index in [4.69, 9.17) is 17.3 Å². The number of nitrogens with two attached hydrogens (primary N) is 1. The summed E-state index contributed by atoms with van der Waals surface area (Å²) in [5.41, 5.74) is 7.25. The second-order valence-corrected chi connectivity index (χ2v) is 5.17. The first kappa shape index (κ1) is 15.8. The standard InChI is InChI=1S/C14H22ClN3O/c1-4-18(9-13(16)19)14-11(8-17-10(2)3)6-5-7-12(14)15/h5-7,10,17H,4,8-9H2,1-3H3,(H2,16,19). The number of primary amides is 1. The molecular formula is C14H22ClN3O.